The van der Waals surface area contributed by atoms with Gasteiger partial charge in [-0.2, -0.15) is 0 Å². The Hall–Kier alpha value is -2.13. The molecule has 0 atom stereocenters. The van der Waals surface area contributed by atoms with Gasteiger partial charge in [-0.1, -0.05) is 12.1 Å². The number of nitrogens with one attached hydrogen (secondary N) is 1. The Balaban J connectivity index is 0.00000171. The van der Waals surface area contributed by atoms with Crippen molar-refractivity contribution in [2.24, 2.45) is 10.9 Å². The first-order valence-electron chi connectivity index (χ1n) is 11.6. The van der Waals surface area contributed by atoms with E-state index in [4.69, 9.17) is 15.0 Å². The van der Waals surface area contributed by atoms with E-state index in [1.807, 2.05) is 25.1 Å². The molecule has 1 N–H and O–H groups in total. The number of benzene rings is 1. The van der Waals surface area contributed by atoms with Crippen LogP contribution in [0.4, 0.5) is 11.6 Å². The molecule has 3 heterocycles. The fourth-order valence-electron chi connectivity index (χ4n) is 4.03. The zero-order chi connectivity index (χ0) is 22.8. The molecule has 35 heavy (non-hydrogen) atoms. The van der Waals surface area contributed by atoms with E-state index in [2.05, 4.69) is 40.4 Å². The maximum absolute atomic E-state index is 12.1. The number of ketones is 1. The molecule has 0 amide bonds. The third-order valence-corrected chi connectivity index (χ3v) is 7.11. The first kappa shape index (κ1) is 27.5. The summed E-state index contributed by atoms with van der Waals surface area (Å²) >= 11 is 1.54. The summed E-state index contributed by atoms with van der Waals surface area (Å²) in [6.07, 6.45) is 4.72. The van der Waals surface area contributed by atoms with Crippen LogP contribution in [0.2, 0.25) is 0 Å². The van der Waals surface area contributed by atoms with Crippen molar-refractivity contribution in [3.05, 3.63) is 55.1 Å². The van der Waals surface area contributed by atoms with Crippen LogP contribution in [0.25, 0.3) is 0 Å². The van der Waals surface area contributed by atoms with Gasteiger partial charge >= 0.3 is 0 Å². The van der Waals surface area contributed by atoms with Gasteiger partial charge in [0.25, 0.3) is 0 Å². The predicted octanol–water partition coefficient (Wildman–Crippen LogP) is 3.93. The van der Waals surface area contributed by atoms with Crippen LogP contribution in [0.1, 0.15) is 25.3 Å². The van der Waals surface area contributed by atoms with Crippen LogP contribution in [0.15, 0.2) is 57.1 Å². The second kappa shape index (κ2) is 12.2. The molecule has 7 nitrogen and oxygen atoms in total. The standard InChI is InChI=1S/C25H30N6OS.CH3.V/c1-17-13-20(16-26-17)27-23-15-24(31-11-9-30(2)10-12-31)29-25(28-23)33-21-7-3-18(4-8-21)14-22(32)19-5-6-19;;/h3-4,7-8,13,15,19,26H,5-6,9-12,14,16H2,1-2H3;1H3;/q;-1;. The van der Waals surface area contributed by atoms with Gasteiger partial charge in [0.2, 0.25) is 0 Å². The molecule has 2 aromatic rings. The third-order valence-electron chi connectivity index (χ3n) is 6.24. The van der Waals surface area contributed by atoms with E-state index in [1.165, 1.54) is 0 Å². The number of allylic oxidation sites excluding steroid dienone is 1. The van der Waals surface area contributed by atoms with E-state index >= 15 is 0 Å². The molecule has 3 aliphatic rings. The second-order valence-electron chi connectivity index (χ2n) is 9.10. The van der Waals surface area contributed by atoms with Crippen LogP contribution in [0, 0.1) is 13.3 Å². The summed E-state index contributed by atoms with van der Waals surface area (Å²) in [5, 5.41) is 3.99. The first-order chi connectivity index (χ1) is 16.0. The molecule has 2 fully saturated rings. The molecular weight excluding hydrogens is 495 g/mol. The molecule has 2 aliphatic heterocycles. The second-order valence-corrected chi connectivity index (χ2v) is 10.1. The molecule has 1 aromatic heterocycles. The molecule has 0 unspecified atom stereocenters. The number of Topliss-reactive ketones (excluding diaryl/α,β-unsaturated/α-hetero) is 1. The molecule has 1 aliphatic carbocycles. The number of hydrogen-bond acceptors (Lipinski definition) is 8. The Morgan fingerprint density at radius 3 is 2.49 bits per heavy atom. The molecule has 0 bridgehead atoms. The van der Waals surface area contributed by atoms with E-state index in [0.717, 1.165) is 73.3 Å². The summed E-state index contributed by atoms with van der Waals surface area (Å²) in [5.41, 5.74) is 3.18. The van der Waals surface area contributed by atoms with Gasteiger partial charge in [-0.3, -0.25) is 4.79 Å². The van der Waals surface area contributed by atoms with E-state index in [1.54, 1.807) is 11.8 Å². The number of aliphatic imine (C=N–C) groups is 1. The number of aromatic nitrogens is 2. The van der Waals surface area contributed by atoms with Crippen molar-refractivity contribution in [1.82, 2.24) is 20.2 Å². The minimum atomic E-state index is 0. The Kier molecular flexibility index (Phi) is 9.58. The van der Waals surface area contributed by atoms with Gasteiger partial charge in [0.05, 0.1) is 12.3 Å². The van der Waals surface area contributed by atoms with Gasteiger partial charge in [0, 0.05) is 73.7 Å². The number of nitrogens with zero attached hydrogens (tertiary/aromatic N) is 5. The van der Waals surface area contributed by atoms with Gasteiger partial charge in [-0.05, 0) is 62.3 Å². The molecule has 1 saturated carbocycles. The topological polar surface area (TPSA) is 73.7 Å². The van der Waals surface area contributed by atoms with Crippen molar-refractivity contribution in [2.75, 3.05) is 44.7 Å². The number of hydrogen-bond donors (Lipinski definition) is 1. The van der Waals surface area contributed by atoms with Crippen molar-refractivity contribution < 1.29 is 23.4 Å². The quantitative estimate of drug-likeness (QED) is 0.431. The molecule has 185 valence electrons. The van der Waals surface area contributed by atoms with E-state index in [9.17, 15) is 4.79 Å². The van der Waals surface area contributed by atoms with E-state index < -0.39 is 0 Å². The summed E-state index contributed by atoms with van der Waals surface area (Å²) in [6, 6.07) is 10.2. The van der Waals surface area contributed by atoms with Crippen LogP contribution in [0.3, 0.4) is 0 Å². The van der Waals surface area contributed by atoms with Crippen molar-refractivity contribution in [3.63, 3.8) is 0 Å². The van der Waals surface area contributed by atoms with Gasteiger partial charge in [0.15, 0.2) is 11.0 Å². The molecule has 5 rings (SSSR count). The average Bonchev–Trinajstić information content (AvgIpc) is 3.58. The molecule has 1 aromatic carbocycles. The van der Waals surface area contributed by atoms with Crippen molar-refractivity contribution >= 4 is 34.9 Å². The average molecular weight is 529 g/mol. The monoisotopic (exact) mass is 528 g/mol. The Labute approximate surface area is 224 Å². The molecular formula is C26H33N6OSV-. The summed E-state index contributed by atoms with van der Waals surface area (Å²) in [5.74, 6) is 2.29. The maximum Gasteiger partial charge on any atom is 0.196 e. The Morgan fingerprint density at radius 1 is 1.14 bits per heavy atom. The molecule has 1 saturated heterocycles. The van der Waals surface area contributed by atoms with E-state index in [-0.39, 0.29) is 26.0 Å². The van der Waals surface area contributed by atoms with Crippen molar-refractivity contribution in [2.45, 2.75) is 36.2 Å². The Morgan fingerprint density at radius 2 is 1.86 bits per heavy atom. The predicted molar refractivity (Wildman–Crippen MR) is 139 cm³/mol. The number of carbonyl (C=O) groups is 1. The first-order valence-corrected chi connectivity index (χ1v) is 12.5. The fourth-order valence-corrected chi connectivity index (χ4v) is 4.80. The number of carbonyl (C=O) groups excluding carboxylic acids is 1. The number of piperazine rings is 1. The third kappa shape index (κ3) is 7.43. The van der Waals surface area contributed by atoms with Crippen LogP contribution < -0.4 is 10.2 Å². The molecule has 1 radical (unpaired) electrons. The van der Waals surface area contributed by atoms with Crippen molar-refractivity contribution in [1.29, 1.82) is 0 Å². The summed E-state index contributed by atoms with van der Waals surface area (Å²) in [4.78, 5) is 32.2. The number of rotatable bonds is 7. The molecule has 9 heteroatoms. The molecule has 0 spiro atoms. The minimum Gasteiger partial charge on any atom is -0.383 e. The van der Waals surface area contributed by atoms with Crippen LogP contribution in [-0.2, 0) is 29.8 Å². The maximum atomic E-state index is 12.1. The van der Waals surface area contributed by atoms with Crippen LogP contribution >= 0.6 is 11.8 Å². The SMILES string of the molecule is CC1=CC(=Nc2cc(N3CCN(C)CC3)nc(Sc3ccc(CC(=O)C4CC4)cc3)n2)CN1.[CH3-].[V]. The van der Waals surface area contributed by atoms with Crippen LogP contribution in [0.5, 0.6) is 0 Å². The van der Waals surface area contributed by atoms with Gasteiger partial charge in [0.1, 0.15) is 11.6 Å². The minimum absolute atomic E-state index is 0. The number of likely N-dealkylation sites (N-methyl/N-ethyl adjacent to an activating group) is 1. The normalized spacial score (nSPS) is 19.0. The summed E-state index contributed by atoms with van der Waals surface area (Å²) in [7, 11) is 2.15. The fraction of sp³-hybridized carbons (Fsp3) is 0.423. The van der Waals surface area contributed by atoms with Gasteiger partial charge < -0.3 is 22.5 Å². The number of anilines is 1. The summed E-state index contributed by atoms with van der Waals surface area (Å²) < 4.78 is 0. The largest absolute Gasteiger partial charge is 0.383 e. The van der Waals surface area contributed by atoms with Crippen molar-refractivity contribution in [3.8, 4) is 0 Å². The Bertz CT molecular complexity index is 1090. The van der Waals surface area contributed by atoms with E-state index in [0.29, 0.717) is 29.1 Å². The zero-order valence-corrected chi connectivity index (χ0v) is 22.9. The smallest absolute Gasteiger partial charge is 0.196 e. The zero-order valence-electron chi connectivity index (χ0n) is 20.7. The van der Waals surface area contributed by atoms with Gasteiger partial charge in [-0.15, -0.1) is 0 Å². The van der Waals surface area contributed by atoms with Gasteiger partial charge in [-0.25, -0.2) is 15.0 Å². The summed E-state index contributed by atoms with van der Waals surface area (Å²) in [6.45, 7) is 6.69. The van der Waals surface area contributed by atoms with Crippen LogP contribution in [-0.4, -0.2) is 66.1 Å².